The molecule has 0 aromatic carbocycles. The third-order valence-electron chi connectivity index (χ3n) is 4.41. The Morgan fingerprint density at radius 2 is 2.10 bits per heavy atom. The maximum atomic E-state index is 11.4. The molecule has 11 heteroatoms. The summed E-state index contributed by atoms with van der Waals surface area (Å²) >= 11 is 0. The minimum Gasteiger partial charge on any atom is -0.463 e. The summed E-state index contributed by atoms with van der Waals surface area (Å²) in [6.07, 6.45) is 0.776. The fourth-order valence-corrected chi connectivity index (χ4v) is 2.93. The van der Waals surface area contributed by atoms with Gasteiger partial charge in [0.25, 0.3) is 0 Å². The molecule has 0 spiro atoms. The van der Waals surface area contributed by atoms with Crippen molar-refractivity contribution in [2.75, 3.05) is 42.2 Å². The van der Waals surface area contributed by atoms with Crippen molar-refractivity contribution >= 4 is 34.7 Å². The lowest BCUT2D eigenvalue weighted by molar-refractivity contribution is -0.119. The number of carbonyl (C=O) groups is 1. The topological polar surface area (TPSA) is 162 Å². The molecule has 166 valence electrons. The van der Waals surface area contributed by atoms with Gasteiger partial charge >= 0.3 is 6.01 Å². The van der Waals surface area contributed by atoms with E-state index in [2.05, 4.69) is 25.8 Å². The van der Waals surface area contributed by atoms with Crippen molar-refractivity contribution in [1.82, 2.24) is 15.3 Å². The molecule has 1 amide bonds. The molecule has 1 saturated heterocycles. The number of amides is 1. The number of nitrogens with zero attached hydrogens (tertiary/aromatic N) is 4. The Bertz CT molecular complexity index is 819. The molecule has 0 bridgehead atoms. The van der Waals surface area contributed by atoms with E-state index >= 15 is 0 Å². The second-order valence-corrected chi connectivity index (χ2v) is 8.60. The first-order chi connectivity index (χ1) is 14.0. The normalized spacial score (nSPS) is 17.0. The first-order valence-corrected chi connectivity index (χ1v) is 9.83. The average molecular weight is 421 g/mol. The monoisotopic (exact) mass is 420 g/mol. The summed E-state index contributed by atoms with van der Waals surface area (Å²) in [6, 6.07) is 0.189. The van der Waals surface area contributed by atoms with Crippen LogP contribution in [0.3, 0.4) is 0 Å². The minimum absolute atomic E-state index is 0.0147. The van der Waals surface area contributed by atoms with Crippen LogP contribution >= 0.6 is 0 Å². The number of nitrogens with one attached hydrogen (secondary N) is 3. The predicted octanol–water partition coefficient (Wildman–Crippen LogP) is 1.48. The number of anilines is 3. The van der Waals surface area contributed by atoms with E-state index in [9.17, 15) is 4.79 Å². The molecule has 0 aliphatic carbocycles. The van der Waals surface area contributed by atoms with Gasteiger partial charge in [-0.3, -0.25) is 4.79 Å². The molecule has 1 aromatic rings. The lowest BCUT2D eigenvalue weighted by atomic mass is 9.99. The van der Waals surface area contributed by atoms with Crippen LogP contribution in [0.4, 0.5) is 17.3 Å². The summed E-state index contributed by atoms with van der Waals surface area (Å²) in [5.41, 5.74) is 6.86. The molecule has 6 N–H and O–H groups in total. The number of ether oxygens (including phenoxy) is 1. The highest BCUT2D eigenvalue weighted by atomic mass is 16.5. The number of rotatable bonds is 8. The summed E-state index contributed by atoms with van der Waals surface area (Å²) in [5.74, 6) is 0.763. The van der Waals surface area contributed by atoms with Gasteiger partial charge in [0.05, 0.1) is 18.9 Å². The van der Waals surface area contributed by atoms with Gasteiger partial charge < -0.3 is 36.6 Å². The number of aromatic nitrogens is 2. The van der Waals surface area contributed by atoms with Crippen LogP contribution in [-0.4, -0.2) is 64.8 Å². The third-order valence-corrected chi connectivity index (χ3v) is 4.41. The predicted molar refractivity (Wildman–Crippen MR) is 117 cm³/mol. The summed E-state index contributed by atoms with van der Waals surface area (Å²) in [7, 11) is 0. The summed E-state index contributed by atoms with van der Waals surface area (Å²) in [5, 5.41) is 25.8. The van der Waals surface area contributed by atoms with Crippen molar-refractivity contribution in [3.63, 3.8) is 0 Å². The van der Waals surface area contributed by atoms with E-state index in [0.29, 0.717) is 37.0 Å². The van der Waals surface area contributed by atoms with E-state index in [4.69, 9.17) is 21.1 Å². The van der Waals surface area contributed by atoms with E-state index in [1.807, 2.05) is 25.7 Å². The van der Waals surface area contributed by atoms with Crippen molar-refractivity contribution in [2.45, 2.75) is 47.1 Å². The van der Waals surface area contributed by atoms with Gasteiger partial charge in [-0.2, -0.15) is 9.97 Å². The van der Waals surface area contributed by atoms with Gasteiger partial charge in [-0.05, 0) is 18.8 Å². The largest absolute Gasteiger partial charge is 0.463 e. The fraction of sp³-hybridized carbons (Fsp3) is 0.632. The van der Waals surface area contributed by atoms with Gasteiger partial charge in [0.1, 0.15) is 11.4 Å². The molecular formula is C19H32N8O3. The lowest BCUT2D eigenvalue weighted by Gasteiger charge is -2.23. The molecule has 2 rings (SSSR count). The van der Waals surface area contributed by atoms with Gasteiger partial charge in [-0.15, -0.1) is 0 Å². The van der Waals surface area contributed by atoms with Crippen molar-refractivity contribution < 1.29 is 14.7 Å². The van der Waals surface area contributed by atoms with Crippen LogP contribution in [-0.2, 0) is 4.79 Å². The first kappa shape index (κ1) is 23.2. The Hall–Kier alpha value is -3.11. The minimum atomic E-state index is -0.0867. The molecule has 0 saturated carbocycles. The Morgan fingerprint density at radius 1 is 1.40 bits per heavy atom. The highest BCUT2D eigenvalue weighted by Gasteiger charge is 2.28. The Kier molecular flexibility index (Phi) is 7.41. The number of hydrogen-bond acceptors (Lipinski definition) is 10. The summed E-state index contributed by atoms with van der Waals surface area (Å²) < 4.78 is 5.80. The Labute approximate surface area is 176 Å². The molecule has 30 heavy (non-hydrogen) atoms. The lowest BCUT2D eigenvalue weighted by Crippen LogP contribution is -2.36. The average Bonchev–Trinajstić information content (AvgIpc) is 3.08. The standard InChI is InChI=1S/C19H32N8O3/c1-11(20)14(26-29)8-22-16-15(21)17(25-18(24-16)30-10-19(3,4)5)27-7-6-13(9-27)23-12(2)28/h13,20,29H,6-10,21H2,1-5H3,(H,23,28)(H,22,24,25)/b20-11?,26-14-. The van der Waals surface area contributed by atoms with Crippen LogP contribution in [0.25, 0.3) is 0 Å². The van der Waals surface area contributed by atoms with Gasteiger partial charge in [0.2, 0.25) is 5.91 Å². The zero-order valence-corrected chi connectivity index (χ0v) is 18.2. The number of oxime groups is 1. The number of nitrogen functional groups attached to an aromatic ring is 1. The van der Waals surface area contributed by atoms with Gasteiger partial charge in [0, 0.05) is 26.1 Å². The molecular weight excluding hydrogens is 388 g/mol. The number of carbonyl (C=O) groups excluding carboxylic acids is 1. The molecule has 1 aliphatic rings. The molecule has 0 radical (unpaired) electrons. The summed E-state index contributed by atoms with van der Waals surface area (Å²) in [4.78, 5) is 22.2. The molecule has 1 unspecified atom stereocenters. The zero-order chi connectivity index (χ0) is 22.5. The number of nitrogens with two attached hydrogens (primary N) is 1. The van der Waals surface area contributed by atoms with Crippen molar-refractivity contribution in [2.24, 2.45) is 10.6 Å². The third kappa shape index (κ3) is 6.46. The molecule has 1 atom stereocenters. The van der Waals surface area contributed by atoms with Crippen LogP contribution < -0.4 is 26.0 Å². The highest BCUT2D eigenvalue weighted by molar-refractivity contribution is 6.41. The van der Waals surface area contributed by atoms with Crippen LogP contribution in [0, 0.1) is 10.8 Å². The zero-order valence-electron chi connectivity index (χ0n) is 18.2. The second-order valence-electron chi connectivity index (χ2n) is 8.60. The van der Waals surface area contributed by atoms with Crippen molar-refractivity contribution in [3.05, 3.63) is 0 Å². The van der Waals surface area contributed by atoms with Crippen molar-refractivity contribution in [3.8, 4) is 6.01 Å². The summed E-state index contributed by atoms with van der Waals surface area (Å²) in [6.45, 7) is 10.9. The maximum Gasteiger partial charge on any atom is 0.320 e. The van der Waals surface area contributed by atoms with E-state index in [0.717, 1.165) is 6.42 Å². The smallest absolute Gasteiger partial charge is 0.320 e. The number of hydrogen-bond donors (Lipinski definition) is 5. The van der Waals surface area contributed by atoms with E-state index in [-0.39, 0.29) is 41.3 Å². The molecule has 2 heterocycles. The Morgan fingerprint density at radius 3 is 2.67 bits per heavy atom. The van der Waals surface area contributed by atoms with E-state index in [1.54, 1.807) is 0 Å². The quantitative estimate of drug-likeness (QED) is 0.240. The molecule has 1 aliphatic heterocycles. The van der Waals surface area contributed by atoms with Crippen molar-refractivity contribution in [1.29, 1.82) is 5.41 Å². The fourth-order valence-electron chi connectivity index (χ4n) is 2.93. The van der Waals surface area contributed by atoms with Gasteiger partial charge in [0.15, 0.2) is 11.6 Å². The highest BCUT2D eigenvalue weighted by Crippen LogP contribution is 2.32. The van der Waals surface area contributed by atoms with Crippen LogP contribution in [0.5, 0.6) is 6.01 Å². The van der Waals surface area contributed by atoms with Crippen LogP contribution in [0.2, 0.25) is 0 Å². The van der Waals surface area contributed by atoms with Crippen LogP contribution in [0.1, 0.15) is 41.0 Å². The second kappa shape index (κ2) is 9.59. The maximum absolute atomic E-state index is 11.4. The van der Waals surface area contributed by atoms with E-state index in [1.165, 1.54) is 13.8 Å². The molecule has 1 aromatic heterocycles. The molecule has 1 fully saturated rings. The van der Waals surface area contributed by atoms with E-state index < -0.39 is 0 Å². The van der Waals surface area contributed by atoms with Crippen LogP contribution in [0.15, 0.2) is 5.16 Å². The Balaban J connectivity index is 2.30. The molecule has 11 nitrogen and oxygen atoms in total. The van der Waals surface area contributed by atoms with Gasteiger partial charge in [-0.1, -0.05) is 25.9 Å². The SMILES string of the molecule is CC(=N)/C(CNc1nc(OCC(C)(C)C)nc(N2CCC(NC(C)=O)C2)c1N)=N\O. The first-order valence-electron chi connectivity index (χ1n) is 9.83. The van der Waals surface area contributed by atoms with Gasteiger partial charge in [-0.25, -0.2) is 0 Å².